The summed E-state index contributed by atoms with van der Waals surface area (Å²) in [7, 11) is 0. The summed E-state index contributed by atoms with van der Waals surface area (Å²) < 4.78 is 0. The minimum absolute atomic E-state index is 0. The molecule has 0 radical (unpaired) electrons. The SMILES string of the molecule is Cl.Cl.Cl.O=C(C=Cc1cnc(N[C@@H]2CCN(Cc3ccccn3)C2)c(Cl)c1)NO. The summed E-state index contributed by atoms with van der Waals surface area (Å²) in [4.78, 5) is 22.1. The molecule has 0 unspecified atom stereocenters. The molecule has 0 aliphatic carbocycles. The largest absolute Gasteiger partial charge is 0.365 e. The molecule has 1 aliphatic heterocycles. The van der Waals surface area contributed by atoms with E-state index in [9.17, 15) is 4.79 Å². The number of amides is 1. The van der Waals surface area contributed by atoms with Crippen molar-refractivity contribution in [2.75, 3.05) is 18.4 Å². The number of hydrogen-bond acceptors (Lipinski definition) is 6. The second kappa shape index (κ2) is 13.6. The number of hydroxylamine groups is 1. The first kappa shape index (κ1) is 27.4. The van der Waals surface area contributed by atoms with Crippen molar-refractivity contribution < 1.29 is 10.0 Å². The van der Waals surface area contributed by atoms with Crippen LogP contribution in [0.15, 0.2) is 42.7 Å². The number of nitrogens with zero attached hydrogens (tertiary/aromatic N) is 3. The normalized spacial score (nSPS) is 15.7. The highest BCUT2D eigenvalue weighted by Crippen LogP contribution is 2.24. The summed E-state index contributed by atoms with van der Waals surface area (Å²) in [5, 5.41) is 12.3. The maximum absolute atomic E-state index is 11.0. The zero-order valence-electron chi connectivity index (χ0n) is 15.3. The summed E-state index contributed by atoms with van der Waals surface area (Å²) >= 11 is 6.29. The zero-order chi connectivity index (χ0) is 18.4. The summed E-state index contributed by atoms with van der Waals surface area (Å²) in [6, 6.07) is 7.94. The van der Waals surface area contributed by atoms with Crippen LogP contribution in [0.25, 0.3) is 6.08 Å². The van der Waals surface area contributed by atoms with Crippen LogP contribution in [0.4, 0.5) is 5.82 Å². The molecule has 0 saturated carbocycles. The van der Waals surface area contributed by atoms with Gasteiger partial charge in [-0.05, 0) is 36.3 Å². The van der Waals surface area contributed by atoms with Crippen molar-refractivity contribution in [1.29, 1.82) is 0 Å². The Hall–Kier alpha value is -1.61. The standard InChI is InChI=1S/C18H20ClN5O2.3ClH/c19-16-9-13(4-5-17(25)23-26)10-21-18(16)22-15-6-8-24(12-15)11-14-3-1-2-7-20-14;;;/h1-5,7,9-10,15,26H,6,8,11-12H2,(H,21,22)(H,23,25);3*1H/t15-;;;/m1.../s1. The van der Waals surface area contributed by atoms with Gasteiger partial charge < -0.3 is 5.32 Å². The minimum atomic E-state index is -0.609. The molecular weight excluding hydrogens is 460 g/mol. The highest BCUT2D eigenvalue weighted by atomic mass is 35.5. The van der Waals surface area contributed by atoms with E-state index in [-0.39, 0.29) is 43.3 Å². The van der Waals surface area contributed by atoms with Crippen molar-refractivity contribution in [3.8, 4) is 0 Å². The number of aromatic nitrogens is 2. The molecule has 1 atom stereocenters. The Balaban J connectivity index is 0.00000261. The number of nitrogens with one attached hydrogen (secondary N) is 2. The van der Waals surface area contributed by atoms with E-state index < -0.39 is 5.91 Å². The fraction of sp³-hybridized carbons (Fsp3) is 0.278. The lowest BCUT2D eigenvalue weighted by molar-refractivity contribution is -0.124. The molecule has 3 rings (SSSR count). The predicted octanol–water partition coefficient (Wildman–Crippen LogP) is 3.60. The Kier molecular flexibility index (Phi) is 12.8. The van der Waals surface area contributed by atoms with Gasteiger partial charge in [-0.25, -0.2) is 10.5 Å². The second-order valence-corrected chi connectivity index (χ2v) is 6.50. The molecule has 29 heavy (non-hydrogen) atoms. The molecule has 1 aliphatic rings. The first-order chi connectivity index (χ1) is 12.6. The molecule has 3 N–H and O–H groups in total. The van der Waals surface area contributed by atoms with Crippen molar-refractivity contribution in [2.24, 2.45) is 0 Å². The van der Waals surface area contributed by atoms with E-state index in [0.29, 0.717) is 16.4 Å². The fourth-order valence-electron chi connectivity index (χ4n) is 2.87. The van der Waals surface area contributed by atoms with Crippen molar-refractivity contribution in [1.82, 2.24) is 20.3 Å². The fourth-order valence-corrected chi connectivity index (χ4v) is 3.10. The van der Waals surface area contributed by atoms with Crippen molar-refractivity contribution in [3.63, 3.8) is 0 Å². The van der Waals surface area contributed by atoms with Gasteiger partial charge in [0.1, 0.15) is 5.82 Å². The van der Waals surface area contributed by atoms with Gasteiger partial charge in [0.15, 0.2) is 0 Å². The molecule has 2 aromatic rings. The van der Waals surface area contributed by atoms with Crippen LogP contribution in [-0.4, -0.2) is 45.1 Å². The third-order valence-corrected chi connectivity index (χ3v) is 4.41. The number of rotatable bonds is 6. The first-order valence-corrected chi connectivity index (χ1v) is 8.68. The number of halogens is 4. The topological polar surface area (TPSA) is 90.4 Å². The van der Waals surface area contributed by atoms with Crippen LogP contribution in [0, 0.1) is 0 Å². The van der Waals surface area contributed by atoms with Crippen LogP contribution in [0.2, 0.25) is 5.02 Å². The van der Waals surface area contributed by atoms with Crippen LogP contribution < -0.4 is 10.8 Å². The Morgan fingerprint density at radius 3 is 2.76 bits per heavy atom. The lowest BCUT2D eigenvalue weighted by Crippen LogP contribution is -2.26. The summed E-state index contributed by atoms with van der Waals surface area (Å²) in [5.74, 6) is 0.0161. The lowest BCUT2D eigenvalue weighted by Gasteiger charge is -2.17. The molecular formula is C18H23Cl4N5O2. The zero-order valence-corrected chi connectivity index (χ0v) is 18.5. The number of hydrogen-bond donors (Lipinski definition) is 3. The van der Waals surface area contributed by atoms with Crippen LogP contribution in [-0.2, 0) is 11.3 Å². The molecule has 7 nitrogen and oxygen atoms in total. The van der Waals surface area contributed by atoms with E-state index >= 15 is 0 Å². The predicted molar refractivity (Wildman–Crippen MR) is 121 cm³/mol. The van der Waals surface area contributed by atoms with Gasteiger partial charge in [-0.2, -0.15) is 0 Å². The van der Waals surface area contributed by atoms with Crippen LogP contribution in [0.5, 0.6) is 0 Å². The van der Waals surface area contributed by atoms with Gasteiger partial charge in [-0.1, -0.05) is 17.7 Å². The molecule has 11 heteroatoms. The van der Waals surface area contributed by atoms with E-state index in [1.54, 1.807) is 12.3 Å². The summed E-state index contributed by atoms with van der Waals surface area (Å²) in [5.41, 5.74) is 3.27. The van der Waals surface area contributed by atoms with Gasteiger partial charge in [0.25, 0.3) is 5.91 Å². The molecule has 2 aromatic heterocycles. The highest BCUT2D eigenvalue weighted by molar-refractivity contribution is 6.33. The van der Waals surface area contributed by atoms with Crippen molar-refractivity contribution in [3.05, 3.63) is 59.0 Å². The molecule has 0 bridgehead atoms. The van der Waals surface area contributed by atoms with Gasteiger partial charge in [-0.15, -0.1) is 37.2 Å². The Morgan fingerprint density at radius 1 is 1.31 bits per heavy atom. The molecule has 1 saturated heterocycles. The molecule has 160 valence electrons. The number of carbonyl (C=O) groups is 1. The third kappa shape index (κ3) is 8.34. The van der Waals surface area contributed by atoms with Gasteiger partial charge in [0.2, 0.25) is 0 Å². The van der Waals surface area contributed by atoms with E-state index in [1.807, 2.05) is 24.4 Å². The monoisotopic (exact) mass is 481 g/mol. The number of carbonyl (C=O) groups excluding carboxylic acids is 1. The number of anilines is 1. The molecule has 1 amide bonds. The second-order valence-electron chi connectivity index (χ2n) is 6.09. The Labute approximate surface area is 193 Å². The molecule has 1 fully saturated rings. The Bertz CT molecular complexity index is 795. The van der Waals surface area contributed by atoms with Gasteiger partial charge >= 0.3 is 0 Å². The average molecular weight is 483 g/mol. The van der Waals surface area contributed by atoms with Crippen LogP contribution >= 0.6 is 48.8 Å². The number of pyridine rings is 2. The lowest BCUT2D eigenvalue weighted by atomic mass is 10.2. The Morgan fingerprint density at radius 2 is 2.10 bits per heavy atom. The average Bonchev–Trinajstić information content (AvgIpc) is 3.09. The molecule has 0 aromatic carbocycles. The summed E-state index contributed by atoms with van der Waals surface area (Å²) in [6.07, 6.45) is 7.16. The van der Waals surface area contributed by atoms with Gasteiger partial charge in [-0.3, -0.25) is 19.9 Å². The molecule has 3 heterocycles. The highest BCUT2D eigenvalue weighted by Gasteiger charge is 2.23. The first-order valence-electron chi connectivity index (χ1n) is 8.30. The van der Waals surface area contributed by atoms with E-state index in [4.69, 9.17) is 16.8 Å². The minimum Gasteiger partial charge on any atom is -0.365 e. The van der Waals surface area contributed by atoms with Crippen LogP contribution in [0.1, 0.15) is 17.7 Å². The maximum Gasteiger partial charge on any atom is 0.267 e. The number of likely N-dealkylation sites (tertiary alicyclic amines) is 1. The van der Waals surface area contributed by atoms with Crippen LogP contribution in [0.3, 0.4) is 0 Å². The molecule has 0 spiro atoms. The smallest absolute Gasteiger partial charge is 0.267 e. The quantitative estimate of drug-likeness (QED) is 0.331. The summed E-state index contributed by atoms with van der Waals surface area (Å²) in [6.45, 7) is 2.71. The van der Waals surface area contributed by atoms with Gasteiger partial charge in [0, 0.05) is 44.1 Å². The van der Waals surface area contributed by atoms with E-state index in [2.05, 4.69) is 20.2 Å². The maximum atomic E-state index is 11.0. The third-order valence-electron chi connectivity index (χ3n) is 4.12. The van der Waals surface area contributed by atoms with Gasteiger partial charge in [0.05, 0.1) is 10.7 Å². The van der Waals surface area contributed by atoms with E-state index in [1.165, 1.54) is 17.6 Å². The van der Waals surface area contributed by atoms with Crippen molar-refractivity contribution >= 4 is 66.6 Å². The van der Waals surface area contributed by atoms with E-state index in [0.717, 1.165) is 31.7 Å². The van der Waals surface area contributed by atoms with Crippen molar-refractivity contribution in [2.45, 2.75) is 19.0 Å².